The molecule has 1 saturated heterocycles. The van der Waals surface area contributed by atoms with Crippen molar-refractivity contribution < 1.29 is 9.18 Å². The molecule has 0 saturated carbocycles. The third-order valence-electron chi connectivity index (χ3n) is 6.37. The molecule has 0 bridgehead atoms. The SMILES string of the molecule is NCCC(=O)N1NC(c2c(-c3ccccc3)c3cc(Cl)ccc3[nH]c2=O)CC1c1ccc(F)cc1. The van der Waals surface area contributed by atoms with E-state index in [2.05, 4.69) is 10.4 Å². The van der Waals surface area contributed by atoms with Crippen LogP contribution in [-0.2, 0) is 4.79 Å². The molecule has 35 heavy (non-hydrogen) atoms. The summed E-state index contributed by atoms with van der Waals surface area (Å²) in [6.45, 7) is 0.197. The standard InChI is InChI=1S/C27H24ClFN4O2/c28-18-8-11-21-20(14-18)25(17-4-2-1-3-5-17)26(27(35)31-21)22-15-23(16-6-9-19(29)10-7-16)33(32-22)24(34)12-13-30/h1-11,14,22-23,32H,12-13,15,30H2,(H,31,35). The zero-order chi connectivity index (χ0) is 24.5. The monoisotopic (exact) mass is 490 g/mol. The molecule has 4 aromatic rings. The molecule has 0 radical (unpaired) electrons. The van der Waals surface area contributed by atoms with E-state index >= 15 is 0 Å². The summed E-state index contributed by atoms with van der Waals surface area (Å²) in [5, 5.41) is 2.89. The van der Waals surface area contributed by atoms with Crippen LogP contribution in [0.25, 0.3) is 22.0 Å². The number of amides is 1. The summed E-state index contributed by atoms with van der Waals surface area (Å²) in [6.07, 6.45) is 0.573. The van der Waals surface area contributed by atoms with Gasteiger partial charge in [-0.3, -0.25) is 14.6 Å². The number of aromatic amines is 1. The maximum Gasteiger partial charge on any atom is 0.253 e. The van der Waals surface area contributed by atoms with Crippen molar-refractivity contribution in [2.24, 2.45) is 5.73 Å². The van der Waals surface area contributed by atoms with Gasteiger partial charge in [0.05, 0.1) is 12.1 Å². The molecule has 0 aliphatic carbocycles. The molecule has 1 aliphatic heterocycles. The van der Waals surface area contributed by atoms with E-state index in [4.69, 9.17) is 17.3 Å². The first kappa shape index (κ1) is 23.2. The number of hydrogen-bond donors (Lipinski definition) is 3. The topological polar surface area (TPSA) is 91.2 Å². The van der Waals surface area contributed by atoms with E-state index < -0.39 is 12.1 Å². The van der Waals surface area contributed by atoms with Crippen LogP contribution in [0.4, 0.5) is 4.39 Å². The summed E-state index contributed by atoms with van der Waals surface area (Å²) in [6, 6.07) is 20.2. The van der Waals surface area contributed by atoms with Crippen molar-refractivity contribution in [3.8, 4) is 11.1 Å². The first-order valence-corrected chi connectivity index (χ1v) is 11.8. The maximum absolute atomic E-state index is 13.6. The summed E-state index contributed by atoms with van der Waals surface area (Å²) in [5.41, 5.74) is 12.3. The molecule has 2 heterocycles. The van der Waals surface area contributed by atoms with Crippen LogP contribution in [0, 0.1) is 5.82 Å². The van der Waals surface area contributed by atoms with Crippen LogP contribution in [0.5, 0.6) is 0 Å². The van der Waals surface area contributed by atoms with Gasteiger partial charge in [0.25, 0.3) is 5.56 Å². The lowest BCUT2D eigenvalue weighted by Gasteiger charge is -2.25. The number of benzene rings is 3. The largest absolute Gasteiger partial charge is 0.330 e. The van der Waals surface area contributed by atoms with Crippen molar-refractivity contribution in [1.82, 2.24) is 15.4 Å². The minimum absolute atomic E-state index is 0.145. The van der Waals surface area contributed by atoms with Gasteiger partial charge in [-0.05, 0) is 47.9 Å². The predicted molar refractivity (Wildman–Crippen MR) is 135 cm³/mol. The van der Waals surface area contributed by atoms with E-state index in [9.17, 15) is 14.0 Å². The molecule has 1 aliphatic rings. The number of nitrogens with zero attached hydrogens (tertiary/aromatic N) is 1. The quantitative estimate of drug-likeness (QED) is 0.373. The van der Waals surface area contributed by atoms with Crippen LogP contribution in [0.2, 0.25) is 5.02 Å². The molecular formula is C27H24ClFN4O2. The normalized spacial score (nSPS) is 17.7. The first-order chi connectivity index (χ1) is 17.0. The average Bonchev–Trinajstić information content (AvgIpc) is 3.30. The number of carbonyl (C=O) groups excluding carboxylic acids is 1. The van der Waals surface area contributed by atoms with Gasteiger partial charge in [-0.15, -0.1) is 0 Å². The Morgan fingerprint density at radius 2 is 1.83 bits per heavy atom. The number of aromatic nitrogens is 1. The second kappa shape index (κ2) is 9.62. The summed E-state index contributed by atoms with van der Waals surface area (Å²) in [7, 11) is 0. The van der Waals surface area contributed by atoms with Crippen LogP contribution in [0.3, 0.4) is 0 Å². The fraction of sp³-hybridized carbons (Fsp3) is 0.185. The van der Waals surface area contributed by atoms with Gasteiger partial charge < -0.3 is 10.7 Å². The second-order valence-electron chi connectivity index (χ2n) is 8.59. The smallest absolute Gasteiger partial charge is 0.253 e. The molecule has 1 fully saturated rings. The molecule has 4 N–H and O–H groups in total. The van der Waals surface area contributed by atoms with Crippen LogP contribution < -0.4 is 16.7 Å². The Bertz CT molecular complexity index is 1440. The Balaban J connectivity index is 1.68. The van der Waals surface area contributed by atoms with Crippen LogP contribution in [-0.4, -0.2) is 22.4 Å². The van der Waals surface area contributed by atoms with Crippen molar-refractivity contribution >= 4 is 28.4 Å². The number of halogens is 2. The van der Waals surface area contributed by atoms with Crippen molar-refractivity contribution in [2.75, 3.05) is 6.54 Å². The van der Waals surface area contributed by atoms with Crippen LogP contribution >= 0.6 is 11.6 Å². The highest BCUT2D eigenvalue weighted by Gasteiger charge is 2.38. The molecule has 2 unspecified atom stereocenters. The lowest BCUT2D eigenvalue weighted by Crippen LogP contribution is -2.41. The third-order valence-corrected chi connectivity index (χ3v) is 6.61. The van der Waals surface area contributed by atoms with Crippen molar-refractivity contribution in [3.05, 3.63) is 105 Å². The van der Waals surface area contributed by atoms with Crippen molar-refractivity contribution in [1.29, 1.82) is 0 Å². The highest BCUT2D eigenvalue weighted by Crippen LogP contribution is 2.41. The summed E-state index contributed by atoms with van der Waals surface area (Å²) in [5.74, 6) is -0.545. The summed E-state index contributed by atoms with van der Waals surface area (Å²) < 4.78 is 13.6. The molecule has 6 nitrogen and oxygen atoms in total. The number of nitrogens with two attached hydrogens (primary N) is 1. The third kappa shape index (κ3) is 4.46. The molecule has 3 aromatic carbocycles. The van der Waals surface area contributed by atoms with Gasteiger partial charge in [-0.2, -0.15) is 0 Å². The minimum Gasteiger partial charge on any atom is -0.330 e. The van der Waals surface area contributed by atoms with Crippen LogP contribution in [0.15, 0.2) is 77.6 Å². The van der Waals surface area contributed by atoms with E-state index in [1.165, 1.54) is 17.1 Å². The number of H-pyrrole nitrogens is 1. The number of pyridine rings is 1. The number of hydrogen-bond acceptors (Lipinski definition) is 4. The lowest BCUT2D eigenvalue weighted by molar-refractivity contribution is -0.135. The average molecular weight is 491 g/mol. The summed E-state index contributed by atoms with van der Waals surface area (Å²) >= 11 is 6.34. The van der Waals surface area contributed by atoms with Gasteiger partial charge in [0, 0.05) is 40.0 Å². The van der Waals surface area contributed by atoms with Gasteiger partial charge in [-0.25, -0.2) is 9.82 Å². The molecule has 5 rings (SSSR count). The van der Waals surface area contributed by atoms with Crippen molar-refractivity contribution in [2.45, 2.75) is 24.9 Å². The van der Waals surface area contributed by atoms with Gasteiger partial charge in [0.2, 0.25) is 5.91 Å². The van der Waals surface area contributed by atoms with Gasteiger partial charge in [-0.1, -0.05) is 54.1 Å². The molecule has 1 amide bonds. The predicted octanol–water partition coefficient (Wildman–Crippen LogP) is 4.86. The second-order valence-corrected chi connectivity index (χ2v) is 9.02. The molecule has 0 spiro atoms. The lowest BCUT2D eigenvalue weighted by atomic mass is 9.90. The number of hydrazine groups is 1. The fourth-order valence-corrected chi connectivity index (χ4v) is 4.98. The Morgan fingerprint density at radius 3 is 2.54 bits per heavy atom. The van der Waals surface area contributed by atoms with E-state index in [1.54, 1.807) is 24.3 Å². The molecule has 178 valence electrons. The molecule has 1 aromatic heterocycles. The van der Waals surface area contributed by atoms with E-state index in [0.717, 1.165) is 22.1 Å². The van der Waals surface area contributed by atoms with Gasteiger partial charge >= 0.3 is 0 Å². The fourth-order valence-electron chi connectivity index (χ4n) is 4.81. The zero-order valence-electron chi connectivity index (χ0n) is 18.8. The van der Waals surface area contributed by atoms with E-state index in [0.29, 0.717) is 22.5 Å². The molecule has 2 atom stereocenters. The Morgan fingerprint density at radius 1 is 1.09 bits per heavy atom. The number of fused-ring (bicyclic) bond motifs is 1. The Kier molecular flexibility index (Phi) is 6.38. The van der Waals surface area contributed by atoms with Crippen LogP contribution in [0.1, 0.15) is 36.1 Å². The van der Waals surface area contributed by atoms with Crippen molar-refractivity contribution in [3.63, 3.8) is 0 Å². The Labute approximate surface area is 206 Å². The summed E-state index contributed by atoms with van der Waals surface area (Å²) in [4.78, 5) is 29.4. The van der Waals surface area contributed by atoms with Gasteiger partial charge in [0.15, 0.2) is 0 Å². The first-order valence-electron chi connectivity index (χ1n) is 11.4. The molecular weight excluding hydrogens is 467 g/mol. The van der Waals surface area contributed by atoms with Gasteiger partial charge in [0.1, 0.15) is 5.82 Å². The number of rotatable bonds is 5. The number of carbonyl (C=O) groups is 1. The minimum atomic E-state index is -0.478. The molecule has 8 heteroatoms. The van der Waals surface area contributed by atoms with E-state index in [-0.39, 0.29) is 30.2 Å². The maximum atomic E-state index is 13.6. The zero-order valence-corrected chi connectivity index (χ0v) is 19.6. The Hall–Kier alpha value is -3.52. The van der Waals surface area contributed by atoms with E-state index in [1.807, 2.05) is 36.4 Å². The highest BCUT2D eigenvalue weighted by atomic mass is 35.5. The number of nitrogens with one attached hydrogen (secondary N) is 2. The highest BCUT2D eigenvalue weighted by molar-refractivity contribution is 6.31.